The average Bonchev–Trinajstić information content (AvgIpc) is 2.73. The first-order chi connectivity index (χ1) is 13.9. The van der Waals surface area contributed by atoms with Crippen LogP contribution in [0.3, 0.4) is 0 Å². The van der Waals surface area contributed by atoms with E-state index >= 15 is 0 Å². The van der Waals surface area contributed by atoms with Crippen LogP contribution in [0.2, 0.25) is 0 Å². The van der Waals surface area contributed by atoms with Gasteiger partial charge in [-0.05, 0) is 42.0 Å². The van der Waals surface area contributed by atoms with Gasteiger partial charge in [-0.15, -0.1) is 0 Å². The number of nitriles is 1. The Morgan fingerprint density at radius 1 is 0.897 bits per heavy atom. The fraction of sp³-hybridized carbons (Fsp3) is 0.143. The number of rotatable bonds is 5. The van der Waals surface area contributed by atoms with Crippen LogP contribution in [-0.2, 0) is 0 Å². The highest BCUT2D eigenvalue weighted by molar-refractivity contribution is 5.82. The molecular weight excluding hydrogens is 380 g/mol. The van der Waals surface area contributed by atoms with E-state index in [2.05, 4.69) is 4.98 Å². The number of anilines is 1. The lowest BCUT2D eigenvalue weighted by molar-refractivity contribution is 0.324. The molecule has 0 fully saturated rings. The summed E-state index contributed by atoms with van der Waals surface area (Å²) in [6, 6.07) is 10.3. The Morgan fingerprint density at radius 3 is 2.07 bits per heavy atom. The average molecular weight is 397 g/mol. The Hall–Kier alpha value is -3.86. The predicted molar refractivity (Wildman–Crippen MR) is 104 cm³/mol. The van der Waals surface area contributed by atoms with Gasteiger partial charge in [0.1, 0.15) is 17.5 Å². The van der Waals surface area contributed by atoms with Crippen molar-refractivity contribution in [2.75, 3.05) is 27.1 Å². The van der Waals surface area contributed by atoms with Crippen molar-refractivity contribution < 1.29 is 23.0 Å². The third-order valence-corrected chi connectivity index (χ3v) is 4.35. The van der Waals surface area contributed by atoms with Gasteiger partial charge in [0.25, 0.3) is 0 Å². The number of nitrogen functional groups attached to an aromatic ring is 1. The standard InChI is InChI=1S/C21H17F2N3O3/c1-27-18-7-12(8-19(28-2)20(18)29-3)13-9-17(26-21(25)14(13)10-24)11-4-5-15(22)16(23)6-11/h4-9H,1-3H3,(H2,25,26). The van der Waals surface area contributed by atoms with E-state index in [4.69, 9.17) is 19.9 Å². The zero-order chi connectivity index (χ0) is 21.1. The highest BCUT2D eigenvalue weighted by Gasteiger charge is 2.19. The molecule has 29 heavy (non-hydrogen) atoms. The largest absolute Gasteiger partial charge is 0.493 e. The number of nitrogens with zero attached hydrogens (tertiary/aromatic N) is 2. The quantitative estimate of drug-likeness (QED) is 0.695. The monoisotopic (exact) mass is 397 g/mol. The highest BCUT2D eigenvalue weighted by atomic mass is 19.2. The fourth-order valence-corrected chi connectivity index (χ4v) is 2.95. The molecule has 0 bridgehead atoms. The molecule has 2 aromatic carbocycles. The van der Waals surface area contributed by atoms with E-state index in [0.29, 0.717) is 33.9 Å². The van der Waals surface area contributed by atoms with Crippen molar-refractivity contribution in [3.05, 3.63) is 53.6 Å². The minimum atomic E-state index is -1.01. The number of methoxy groups -OCH3 is 3. The molecule has 0 atom stereocenters. The van der Waals surface area contributed by atoms with Gasteiger partial charge < -0.3 is 19.9 Å². The van der Waals surface area contributed by atoms with E-state index in [1.165, 1.54) is 27.4 Å². The van der Waals surface area contributed by atoms with Gasteiger partial charge in [0.05, 0.1) is 27.0 Å². The maximum Gasteiger partial charge on any atom is 0.203 e. The lowest BCUT2D eigenvalue weighted by Crippen LogP contribution is -2.01. The van der Waals surface area contributed by atoms with Gasteiger partial charge in [-0.2, -0.15) is 5.26 Å². The molecule has 0 unspecified atom stereocenters. The van der Waals surface area contributed by atoms with Crippen LogP contribution in [0.25, 0.3) is 22.4 Å². The van der Waals surface area contributed by atoms with Gasteiger partial charge in [-0.1, -0.05) is 0 Å². The maximum atomic E-state index is 13.7. The van der Waals surface area contributed by atoms with Crippen LogP contribution in [0.1, 0.15) is 5.56 Å². The van der Waals surface area contributed by atoms with Crippen LogP contribution in [0.15, 0.2) is 36.4 Å². The van der Waals surface area contributed by atoms with Gasteiger partial charge in [0, 0.05) is 11.1 Å². The highest BCUT2D eigenvalue weighted by Crippen LogP contribution is 2.42. The Balaban J connectivity index is 2.27. The fourth-order valence-electron chi connectivity index (χ4n) is 2.95. The summed E-state index contributed by atoms with van der Waals surface area (Å²) in [4.78, 5) is 4.17. The normalized spacial score (nSPS) is 10.3. The summed E-state index contributed by atoms with van der Waals surface area (Å²) in [6.07, 6.45) is 0. The molecule has 0 saturated heterocycles. The Bertz CT molecular complexity index is 1100. The SMILES string of the molecule is COc1cc(-c2cc(-c3ccc(F)c(F)c3)nc(N)c2C#N)cc(OC)c1OC. The number of aromatic nitrogens is 1. The predicted octanol–water partition coefficient (Wildman–Crippen LogP) is 4.17. The lowest BCUT2D eigenvalue weighted by atomic mass is 9.97. The van der Waals surface area contributed by atoms with Crippen molar-refractivity contribution in [3.63, 3.8) is 0 Å². The number of halogens is 2. The molecule has 8 heteroatoms. The van der Waals surface area contributed by atoms with E-state index < -0.39 is 11.6 Å². The molecular formula is C21H17F2N3O3. The number of pyridine rings is 1. The maximum absolute atomic E-state index is 13.7. The van der Waals surface area contributed by atoms with E-state index in [1.807, 2.05) is 6.07 Å². The summed E-state index contributed by atoms with van der Waals surface area (Å²) in [7, 11) is 4.42. The second-order valence-electron chi connectivity index (χ2n) is 5.97. The molecule has 3 rings (SSSR count). The minimum Gasteiger partial charge on any atom is -0.493 e. The number of hydrogen-bond donors (Lipinski definition) is 1. The van der Waals surface area contributed by atoms with Gasteiger partial charge >= 0.3 is 0 Å². The molecule has 2 N–H and O–H groups in total. The molecule has 6 nitrogen and oxygen atoms in total. The first-order valence-electron chi connectivity index (χ1n) is 8.39. The van der Waals surface area contributed by atoms with Crippen molar-refractivity contribution in [2.24, 2.45) is 0 Å². The molecule has 0 spiro atoms. The second-order valence-corrected chi connectivity index (χ2v) is 5.97. The zero-order valence-electron chi connectivity index (χ0n) is 15.9. The van der Waals surface area contributed by atoms with E-state index in [-0.39, 0.29) is 17.1 Å². The van der Waals surface area contributed by atoms with Crippen molar-refractivity contribution in [1.82, 2.24) is 4.98 Å². The third kappa shape index (κ3) is 3.62. The van der Waals surface area contributed by atoms with Crippen LogP contribution >= 0.6 is 0 Å². The first kappa shape index (κ1) is 19.9. The van der Waals surface area contributed by atoms with Crippen LogP contribution in [0.5, 0.6) is 17.2 Å². The summed E-state index contributed by atoms with van der Waals surface area (Å²) in [5.74, 6) is -0.869. The van der Waals surface area contributed by atoms with Gasteiger partial charge in [0.2, 0.25) is 5.75 Å². The number of hydrogen-bond acceptors (Lipinski definition) is 6. The topological polar surface area (TPSA) is 90.4 Å². The summed E-state index contributed by atoms with van der Waals surface area (Å²) in [5.41, 5.74) is 7.69. The summed E-state index contributed by atoms with van der Waals surface area (Å²) in [6.45, 7) is 0. The van der Waals surface area contributed by atoms with E-state index in [9.17, 15) is 14.0 Å². The first-order valence-corrected chi connectivity index (χ1v) is 8.39. The van der Waals surface area contributed by atoms with Crippen LogP contribution in [0, 0.1) is 23.0 Å². The molecule has 3 aromatic rings. The van der Waals surface area contributed by atoms with Crippen LogP contribution < -0.4 is 19.9 Å². The summed E-state index contributed by atoms with van der Waals surface area (Å²) < 4.78 is 43.0. The molecule has 1 heterocycles. The van der Waals surface area contributed by atoms with Crippen molar-refractivity contribution in [3.8, 4) is 45.7 Å². The number of ether oxygens (including phenoxy) is 3. The number of nitrogens with two attached hydrogens (primary N) is 1. The zero-order valence-corrected chi connectivity index (χ0v) is 15.9. The minimum absolute atomic E-state index is 0.0431. The molecule has 0 aliphatic heterocycles. The third-order valence-electron chi connectivity index (χ3n) is 4.35. The van der Waals surface area contributed by atoms with Gasteiger partial charge in [-0.25, -0.2) is 13.8 Å². The van der Waals surface area contributed by atoms with E-state index in [1.54, 1.807) is 18.2 Å². The molecule has 0 aliphatic carbocycles. The van der Waals surface area contributed by atoms with Gasteiger partial charge in [0.15, 0.2) is 23.1 Å². The van der Waals surface area contributed by atoms with Crippen molar-refractivity contribution >= 4 is 5.82 Å². The molecule has 0 radical (unpaired) electrons. The van der Waals surface area contributed by atoms with Gasteiger partial charge in [-0.3, -0.25) is 0 Å². The van der Waals surface area contributed by atoms with Crippen molar-refractivity contribution in [2.45, 2.75) is 0 Å². The molecule has 0 amide bonds. The van der Waals surface area contributed by atoms with Crippen LogP contribution in [0.4, 0.5) is 14.6 Å². The molecule has 1 aromatic heterocycles. The van der Waals surface area contributed by atoms with E-state index in [0.717, 1.165) is 12.1 Å². The smallest absolute Gasteiger partial charge is 0.203 e. The molecule has 148 valence electrons. The molecule has 0 saturated carbocycles. The number of benzene rings is 2. The second kappa shape index (κ2) is 8.02. The van der Waals surface area contributed by atoms with Crippen molar-refractivity contribution in [1.29, 1.82) is 5.26 Å². The lowest BCUT2D eigenvalue weighted by Gasteiger charge is -2.16. The summed E-state index contributed by atoms with van der Waals surface area (Å²) in [5, 5.41) is 9.59. The van der Waals surface area contributed by atoms with Crippen LogP contribution in [-0.4, -0.2) is 26.3 Å². The Labute approximate surface area is 166 Å². The summed E-state index contributed by atoms with van der Waals surface area (Å²) >= 11 is 0. The Kier molecular flexibility index (Phi) is 5.50. The Morgan fingerprint density at radius 2 is 1.55 bits per heavy atom. The molecule has 0 aliphatic rings.